The van der Waals surface area contributed by atoms with E-state index < -0.39 is 18.1 Å². The molecule has 2 aliphatic rings. The largest absolute Gasteiger partial charge is 0.497 e. The fraction of sp³-hybridized carbons (Fsp3) is 0.171. The number of urea groups is 1. The van der Waals surface area contributed by atoms with Gasteiger partial charge in [-0.25, -0.2) is 9.69 Å². The summed E-state index contributed by atoms with van der Waals surface area (Å²) in [5, 5.41) is 3.95. The van der Waals surface area contributed by atoms with Gasteiger partial charge in [-0.2, -0.15) is 0 Å². The third-order valence-corrected chi connectivity index (χ3v) is 8.48. The minimum absolute atomic E-state index is 0.243. The molecule has 2 N–H and O–H groups in total. The molecule has 1 fully saturated rings. The highest BCUT2D eigenvalue weighted by molar-refractivity contribution is 6.24. The number of benzene rings is 4. The smallest absolute Gasteiger partial charge is 0.332 e. The van der Waals surface area contributed by atoms with Crippen molar-refractivity contribution in [2.24, 2.45) is 0 Å². The maximum absolute atomic E-state index is 14.3. The third-order valence-electron chi connectivity index (χ3n) is 8.48. The number of para-hydroxylation sites is 2. The number of carbonyl (C=O) groups excluding carboxylic acids is 3. The summed E-state index contributed by atoms with van der Waals surface area (Å²) < 4.78 is 10.6. The van der Waals surface area contributed by atoms with E-state index in [2.05, 4.69) is 10.3 Å². The van der Waals surface area contributed by atoms with E-state index >= 15 is 0 Å². The van der Waals surface area contributed by atoms with Gasteiger partial charge in [0.25, 0.3) is 11.8 Å². The Balaban J connectivity index is 1.25. The standard InChI is InChI=1S/C35H30N4O5/c1-43-23-15-11-21(12-16-23)20-36-33(40)26-8-4-6-10-29(26)39-34(41)30-19-27-25-7-3-5-9-28(25)37-31(27)32(38(30)35(39)42)22-13-17-24(44-2)18-14-22/h3-18,30,32,37H,19-20H2,1-2H3,(H,36,40)/t30-,32?/m0/s1. The summed E-state index contributed by atoms with van der Waals surface area (Å²) in [7, 11) is 3.20. The highest BCUT2D eigenvalue weighted by Gasteiger charge is 2.53. The predicted octanol–water partition coefficient (Wildman–Crippen LogP) is 5.60. The van der Waals surface area contributed by atoms with Crippen LogP contribution in [0.3, 0.4) is 0 Å². The van der Waals surface area contributed by atoms with Crippen LogP contribution in [0, 0.1) is 0 Å². The van der Waals surface area contributed by atoms with Gasteiger partial charge in [0, 0.05) is 29.6 Å². The maximum Gasteiger partial charge on any atom is 0.332 e. The number of amides is 4. The predicted molar refractivity (Wildman–Crippen MR) is 166 cm³/mol. The Kier molecular flexibility index (Phi) is 6.77. The maximum atomic E-state index is 14.3. The molecule has 1 aromatic heterocycles. The molecule has 7 rings (SSSR count). The average molecular weight is 587 g/mol. The number of H-pyrrole nitrogens is 1. The fourth-order valence-corrected chi connectivity index (χ4v) is 6.31. The molecule has 9 heteroatoms. The van der Waals surface area contributed by atoms with Gasteiger partial charge in [-0.05, 0) is 59.2 Å². The molecule has 44 heavy (non-hydrogen) atoms. The Labute approximate surface area is 254 Å². The van der Waals surface area contributed by atoms with Gasteiger partial charge in [0.2, 0.25) is 0 Å². The Morgan fingerprint density at radius 2 is 1.52 bits per heavy atom. The molecule has 1 unspecified atom stereocenters. The van der Waals surface area contributed by atoms with E-state index in [1.165, 1.54) is 0 Å². The summed E-state index contributed by atoms with van der Waals surface area (Å²) in [5.74, 6) is 0.669. The van der Waals surface area contributed by atoms with E-state index in [4.69, 9.17) is 9.47 Å². The first-order valence-electron chi connectivity index (χ1n) is 14.4. The van der Waals surface area contributed by atoms with Crippen molar-refractivity contribution in [1.82, 2.24) is 15.2 Å². The Hall–Kier alpha value is -5.57. The monoisotopic (exact) mass is 586 g/mol. The van der Waals surface area contributed by atoms with Gasteiger partial charge in [0.15, 0.2) is 0 Å². The second kappa shape index (κ2) is 10.9. The zero-order valence-corrected chi connectivity index (χ0v) is 24.2. The van der Waals surface area contributed by atoms with Crippen LogP contribution < -0.4 is 19.7 Å². The van der Waals surface area contributed by atoms with Gasteiger partial charge < -0.3 is 19.8 Å². The van der Waals surface area contributed by atoms with Crippen LogP contribution in [-0.2, 0) is 17.8 Å². The van der Waals surface area contributed by atoms with E-state index in [1.807, 2.05) is 72.8 Å². The highest BCUT2D eigenvalue weighted by Crippen LogP contribution is 2.45. The lowest BCUT2D eigenvalue weighted by atomic mass is 9.89. The van der Waals surface area contributed by atoms with Crippen LogP contribution in [0.4, 0.5) is 10.5 Å². The van der Waals surface area contributed by atoms with E-state index in [9.17, 15) is 14.4 Å². The molecule has 9 nitrogen and oxygen atoms in total. The van der Waals surface area contributed by atoms with Crippen molar-refractivity contribution >= 4 is 34.4 Å². The van der Waals surface area contributed by atoms with Crippen LogP contribution in [-0.4, -0.2) is 48.0 Å². The number of aromatic nitrogens is 1. The van der Waals surface area contributed by atoms with Crippen molar-refractivity contribution in [2.45, 2.75) is 25.0 Å². The lowest BCUT2D eigenvalue weighted by molar-refractivity contribution is -0.120. The van der Waals surface area contributed by atoms with Crippen LogP contribution in [0.25, 0.3) is 10.9 Å². The summed E-state index contributed by atoms with van der Waals surface area (Å²) in [6.07, 6.45) is 0.360. The number of fused-ring (bicyclic) bond motifs is 4. The zero-order valence-electron chi connectivity index (χ0n) is 24.2. The van der Waals surface area contributed by atoms with Crippen molar-refractivity contribution < 1.29 is 23.9 Å². The second-order valence-electron chi connectivity index (χ2n) is 10.9. The van der Waals surface area contributed by atoms with Gasteiger partial charge in [-0.1, -0.05) is 54.6 Å². The fourth-order valence-electron chi connectivity index (χ4n) is 6.31. The van der Waals surface area contributed by atoms with E-state index in [1.54, 1.807) is 43.4 Å². The molecule has 0 radical (unpaired) electrons. The molecule has 220 valence electrons. The van der Waals surface area contributed by atoms with Crippen molar-refractivity contribution in [3.8, 4) is 11.5 Å². The molecule has 0 bridgehead atoms. The number of aromatic amines is 1. The van der Waals surface area contributed by atoms with E-state index in [0.29, 0.717) is 12.2 Å². The Bertz CT molecular complexity index is 1900. The van der Waals surface area contributed by atoms with Crippen molar-refractivity contribution in [3.63, 3.8) is 0 Å². The second-order valence-corrected chi connectivity index (χ2v) is 10.9. The van der Waals surface area contributed by atoms with Crippen LogP contribution in [0.2, 0.25) is 0 Å². The first-order valence-corrected chi connectivity index (χ1v) is 14.4. The number of hydrogen-bond donors (Lipinski definition) is 2. The lowest BCUT2D eigenvalue weighted by Crippen LogP contribution is -2.44. The van der Waals surface area contributed by atoms with E-state index in [0.717, 1.165) is 43.9 Å². The molecule has 5 aromatic rings. The molecule has 3 heterocycles. The molecular formula is C35H30N4O5. The summed E-state index contributed by atoms with van der Waals surface area (Å²) in [4.78, 5) is 48.4. The number of ether oxygens (including phenoxy) is 2. The van der Waals surface area contributed by atoms with Gasteiger partial charge >= 0.3 is 6.03 Å². The molecule has 0 saturated carbocycles. The minimum Gasteiger partial charge on any atom is -0.497 e. The lowest BCUT2D eigenvalue weighted by Gasteiger charge is -2.36. The van der Waals surface area contributed by atoms with Crippen molar-refractivity contribution in [3.05, 3.63) is 125 Å². The van der Waals surface area contributed by atoms with Crippen LogP contribution in [0.15, 0.2) is 97.1 Å². The summed E-state index contributed by atoms with van der Waals surface area (Å²) >= 11 is 0. The first kappa shape index (κ1) is 27.3. The minimum atomic E-state index is -0.739. The van der Waals surface area contributed by atoms with Gasteiger partial charge in [-0.15, -0.1) is 0 Å². The molecule has 4 aromatic carbocycles. The SMILES string of the molecule is COc1ccc(CNC(=O)c2ccccc2N2C(=O)[C@@H]3Cc4c([nH]c5ccccc45)C(c4ccc(OC)cc4)N3C2=O)cc1. The van der Waals surface area contributed by atoms with Crippen LogP contribution in [0.5, 0.6) is 11.5 Å². The molecule has 0 aliphatic carbocycles. The number of rotatable bonds is 7. The Morgan fingerprint density at radius 1 is 0.864 bits per heavy atom. The zero-order chi connectivity index (χ0) is 30.4. The van der Waals surface area contributed by atoms with Crippen molar-refractivity contribution in [2.75, 3.05) is 19.1 Å². The van der Waals surface area contributed by atoms with Gasteiger partial charge in [0.05, 0.1) is 25.5 Å². The van der Waals surface area contributed by atoms with Crippen LogP contribution >= 0.6 is 0 Å². The number of nitrogens with zero attached hydrogens (tertiary/aromatic N) is 2. The van der Waals surface area contributed by atoms with Crippen LogP contribution in [0.1, 0.15) is 38.8 Å². The number of hydrogen-bond acceptors (Lipinski definition) is 5. The van der Waals surface area contributed by atoms with Crippen molar-refractivity contribution in [1.29, 1.82) is 0 Å². The number of anilines is 1. The Morgan fingerprint density at radius 3 is 2.25 bits per heavy atom. The topological polar surface area (TPSA) is 104 Å². The number of methoxy groups -OCH3 is 2. The normalized spacial score (nSPS) is 17.4. The summed E-state index contributed by atoms with van der Waals surface area (Å²) in [5.41, 5.74) is 5.07. The molecule has 2 atom stereocenters. The number of nitrogens with one attached hydrogen (secondary N) is 2. The van der Waals surface area contributed by atoms with Gasteiger partial charge in [0.1, 0.15) is 23.6 Å². The molecule has 4 amide bonds. The molecule has 1 saturated heterocycles. The average Bonchev–Trinajstić information content (AvgIpc) is 3.56. The molecule has 0 spiro atoms. The third kappa shape index (κ3) is 4.44. The molecular weight excluding hydrogens is 556 g/mol. The molecule has 2 aliphatic heterocycles. The van der Waals surface area contributed by atoms with Gasteiger partial charge in [-0.3, -0.25) is 14.5 Å². The quantitative estimate of drug-likeness (QED) is 0.242. The number of imide groups is 1. The summed E-state index contributed by atoms with van der Waals surface area (Å²) in [6.45, 7) is 0.273. The highest BCUT2D eigenvalue weighted by atomic mass is 16.5. The first-order chi connectivity index (χ1) is 21.5. The van der Waals surface area contributed by atoms with E-state index in [-0.39, 0.29) is 29.6 Å². The summed E-state index contributed by atoms with van der Waals surface area (Å²) in [6, 6.07) is 27.9. The number of carbonyl (C=O) groups is 3.